The second-order valence-corrected chi connectivity index (χ2v) is 3.75. The molecule has 2 nitrogen and oxygen atoms in total. The van der Waals surface area contributed by atoms with Gasteiger partial charge in [0.2, 0.25) is 0 Å². The van der Waals surface area contributed by atoms with E-state index in [9.17, 15) is 0 Å². The topological polar surface area (TPSA) is 16.1 Å². The molecule has 0 amide bonds. The van der Waals surface area contributed by atoms with Crippen LogP contribution in [0.5, 0.6) is 0 Å². The van der Waals surface area contributed by atoms with Crippen LogP contribution >= 0.6 is 11.6 Å². The summed E-state index contributed by atoms with van der Waals surface area (Å²) >= 11 is 5.83. The summed E-state index contributed by atoms with van der Waals surface area (Å²) in [6.45, 7) is 2.24. The van der Waals surface area contributed by atoms with Crippen LogP contribution < -0.4 is 4.90 Å². The van der Waals surface area contributed by atoms with Gasteiger partial charge in [-0.2, -0.15) is 0 Å². The molecule has 0 bridgehead atoms. The van der Waals surface area contributed by atoms with Crippen molar-refractivity contribution in [3.63, 3.8) is 0 Å². The van der Waals surface area contributed by atoms with Crippen LogP contribution in [0.3, 0.4) is 0 Å². The quantitative estimate of drug-likeness (QED) is 0.643. The van der Waals surface area contributed by atoms with Crippen molar-refractivity contribution in [2.75, 3.05) is 18.0 Å². The van der Waals surface area contributed by atoms with E-state index in [-0.39, 0.29) is 0 Å². The Morgan fingerprint density at radius 1 is 1.15 bits per heavy atom. The maximum Gasteiger partial charge on any atom is 0.131 e. The first-order valence-electron chi connectivity index (χ1n) is 4.74. The van der Waals surface area contributed by atoms with E-state index in [1.165, 1.54) is 19.3 Å². The van der Waals surface area contributed by atoms with E-state index in [0.29, 0.717) is 5.15 Å². The van der Waals surface area contributed by atoms with Crippen molar-refractivity contribution in [1.82, 2.24) is 4.98 Å². The summed E-state index contributed by atoms with van der Waals surface area (Å²) in [5.74, 6) is 1.02. The number of aromatic nitrogens is 1. The van der Waals surface area contributed by atoms with E-state index >= 15 is 0 Å². The van der Waals surface area contributed by atoms with Crippen molar-refractivity contribution in [3.8, 4) is 0 Å². The fourth-order valence-corrected chi connectivity index (χ4v) is 1.86. The van der Waals surface area contributed by atoms with Gasteiger partial charge in [-0.25, -0.2) is 4.98 Å². The number of hydrogen-bond acceptors (Lipinski definition) is 2. The number of rotatable bonds is 1. The van der Waals surface area contributed by atoms with Crippen molar-refractivity contribution in [2.24, 2.45) is 0 Å². The smallest absolute Gasteiger partial charge is 0.131 e. The summed E-state index contributed by atoms with van der Waals surface area (Å²) in [6, 6.07) is 5.80. The van der Waals surface area contributed by atoms with Crippen molar-refractivity contribution >= 4 is 17.4 Å². The average molecular weight is 197 g/mol. The molecule has 2 rings (SSSR count). The Bertz CT molecular complexity index is 282. The van der Waals surface area contributed by atoms with Crippen LogP contribution in [-0.2, 0) is 0 Å². The third-order valence-electron chi connectivity index (χ3n) is 2.38. The van der Waals surface area contributed by atoms with E-state index in [4.69, 9.17) is 11.6 Å². The lowest BCUT2D eigenvalue weighted by molar-refractivity contribution is 0.573. The molecule has 1 aliphatic heterocycles. The Labute approximate surface area is 83.5 Å². The third-order valence-corrected chi connectivity index (χ3v) is 2.59. The third kappa shape index (κ3) is 2.13. The molecular formula is C10H13ClN2. The van der Waals surface area contributed by atoms with E-state index in [2.05, 4.69) is 9.88 Å². The van der Waals surface area contributed by atoms with Crippen LogP contribution in [0.15, 0.2) is 18.2 Å². The van der Waals surface area contributed by atoms with E-state index in [1.54, 1.807) is 0 Å². The predicted molar refractivity (Wildman–Crippen MR) is 55.3 cm³/mol. The highest BCUT2D eigenvalue weighted by Gasteiger charge is 2.11. The fourth-order valence-electron chi connectivity index (χ4n) is 1.70. The zero-order valence-electron chi connectivity index (χ0n) is 7.54. The van der Waals surface area contributed by atoms with Gasteiger partial charge in [-0.1, -0.05) is 17.7 Å². The first kappa shape index (κ1) is 8.82. The Kier molecular flexibility index (Phi) is 2.69. The van der Waals surface area contributed by atoms with Gasteiger partial charge in [0.1, 0.15) is 11.0 Å². The van der Waals surface area contributed by atoms with E-state index < -0.39 is 0 Å². The van der Waals surface area contributed by atoms with Crippen molar-refractivity contribution < 1.29 is 0 Å². The lowest BCUT2D eigenvalue weighted by Gasteiger charge is -2.27. The lowest BCUT2D eigenvalue weighted by atomic mass is 10.1. The predicted octanol–water partition coefficient (Wildman–Crippen LogP) is 2.73. The maximum atomic E-state index is 5.83. The summed E-state index contributed by atoms with van der Waals surface area (Å²) < 4.78 is 0. The molecule has 0 unspecified atom stereocenters. The molecule has 0 spiro atoms. The molecule has 0 aromatic carbocycles. The van der Waals surface area contributed by atoms with Crippen molar-refractivity contribution in [3.05, 3.63) is 23.4 Å². The molecule has 1 aromatic rings. The lowest BCUT2D eigenvalue weighted by Crippen LogP contribution is -2.30. The van der Waals surface area contributed by atoms with E-state index in [0.717, 1.165) is 18.9 Å². The highest BCUT2D eigenvalue weighted by atomic mass is 35.5. The highest BCUT2D eigenvalue weighted by Crippen LogP contribution is 2.18. The van der Waals surface area contributed by atoms with Crippen LogP contribution in [0.2, 0.25) is 5.15 Å². The minimum atomic E-state index is 0.586. The second kappa shape index (κ2) is 3.97. The Morgan fingerprint density at radius 3 is 2.62 bits per heavy atom. The fraction of sp³-hybridized carbons (Fsp3) is 0.500. The molecule has 1 saturated heterocycles. The van der Waals surface area contributed by atoms with Gasteiger partial charge in [-0.15, -0.1) is 0 Å². The molecule has 1 fully saturated rings. The number of piperidine rings is 1. The van der Waals surface area contributed by atoms with Gasteiger partial charge in [-0.3, -0.25) is 0 Å². The largest absolute Gasteiger partial charge is 0.357 e. The molecule has 3 heteroatoms. The molecule has 70 valence electrons. The maximum absolute atomic E-state index is 5.83. The molecule has 0 radical (unpaired) electrons. The summed E-state index contributed by atoms with van der Waals surface area (Å²) in [4.78, 5) is 6.59. The highest BCUT2D eigenvalue weighted by molar-refractivity contribution is 6.29. The van der Waals surface area contributed by atoms with Gasteiger partial charge in [0.05, 0.1) is 0 Å². The van der Waals surface area contributed by atoms with E-state index in [1.807, 2.05) is 18.2 Å². The molecular weight excluding hydrogens is 184 g/mol. The van der Waals surface area contributed by atoms with Gasteiger partial charge >= 0.3 is 0 Å². The Balaban J connectivity index is 2.14. The average Bonchev–Trinajstić information content (AvgIpc) is 2.19. The van der Waals surface area contributed by atoms with Crippen LogP contribution in [0, 0.1) is 0 Å². The van der Waals surface area contributed by atoms with Gasteiger partial charge in [0.25, 0.3) is 0 Å². The summed E-state index contributed by atoms with van der Waals surface area (Å²) in [7, 11) is 0. The molecule has 13 heavy (non-hydrogen) atoms. The Hall–Kier alpha value is -0.760. The van der Waals surface area contributed by atoms with Crippen LogP contribution in [-0.4, -0.2) is 18.1 Å². The SMILES string of the molecule is Clc1cccc(N2CCCCC2)n1. The van der Waals surface area contributed by atoms with Gasteiger partial charge in [-0.05, 0) is 31.4 Å². The van der Waals surface area contributed by atoms with Gasteiger partial charge in [0.15, 0.2) is 0 Å². The zero-order chi connectivity index (χ0) is 9.10. The molecule has 0 N–H and O–H groups in total. The first-order chi connectivity index (χ1) is 6.36. The number of pyridine rings is 1. The minimum Gasteiger partial charge on any atom is -0.357 e. The monoisotopic (exact) mass is 196 g/mol. The van der Waals surface area contributed by atoms with Crippen LogP contribution in [0.25, 0.3) is 0 Å². The normalized spacial score (nSPS) is 17.5. The summed E-state index contributed by atoms with van der Waals surface area (Å²) in [5.41, 5.74) is 0. The molecule has 0 atom stereocenters. The summed E-state index contributed by atoms with van der Waals surface area (Å²) in [5, 5.41) is 0.586. The van der Waals surface area contributed by atoms with Gasteiger partial charge < -0.3 is 4.90 Å². The van der Waals surface area contributed by atoms with Crippen molar-refractivity contribution in [2.45, 2.75) is 19.3 Å². The van der Waals surface area contributed by atoms with Crippen molar-refractivity contribution in [1.29, 1.82) is 0 Å². The number of anilines is 1. The number of nitrogens with zero attached hydrogens (tertiary/aromatic N) is 2. The summed E-state index contributed by atoms with van der Waals surface area (Å²) in [6.07, 6.45) is 3.89. The van der Waals surface area contributed by atoms with Crippen LogP contribution in [0.1, 0.15) is 19.3 Å². The minimum absolute atomic E-state index is 0.586. The Morgan fingerprint density at radius 2 is 1.92 bits per heavy atom. The van der Waals surface area contributed by atoms with Crippen LogP contribution in [0.4, 0.5) is 5.82 Å². The number of hydrogen-bond donors (Lipinski definition) is 0. The molecule has 1 aliphatic rings. The first-order valence-corrected chi connectivity index (χ1v) is 5.11. The zero-order valence-corrected chi connectivity index (χ0v) is 8.30. The standard InChI is InChI=1S/C10H13ClN2/c11-9-5-4-6-10(12-9)13-7-2-1-3-8-13/h4-6H,1-3,7-8H2. The van der Waals surface area contributed by atoms with Gasteiger partial charge in [0, 0.05) is 13.1 Å². The molecule has 2 heterocycles. The molecule has 1 aromatic heterocycles. The molecule has 0 aliphatic carbocycles. The number of halogens is 1. The molecule has 0 saturated carbocycles. The second-order valence-electron chi connectivity index (χ2n) is 3.37.